The number of amides is 1. The Morgan fingerprint density at radius 1 is 1.04 bits per heavy atom. The molecule has 0 fully saturated rings. The number of likely N-dealkylation sites (N-methyl/N-ethyl adjacent to an activating group) is 1. The molecule has 0 saturated carbocycles. The van der Waals surface area contributed by atoms with Crippen LogP contribution in [0.2, 0.25) is 0 Å². The molecule has 0 atom stereocenters. The molecule has 0 aliphatic rings. The maximum absolute atomic E-state index is 12.5. The summed E-state index contributed by atoms with van der Waals surface area (Å²) in [5, 5.41) is 0. The van der Waals surface area contributed by atoms with Gasteiger partial charge in [-0.2, -0.15) is 4.98 Å². The molecular weight excluding hydrogens is 354 g/mol. The van der Waals surface area contributed by atoms with Gasteiger partial charge in [0.1, 0.15) is 18.0 Å². The van der Waals surface area contributed by atoms with Crippen LogP contribution in [0, 0.1) is 13.8 Å². The monoisotopic (exact) mass is 377 g/mol. The molecule has 144 valence electrons. The molecule has 0 saturated heterocycles. The van der Waals surface area contributed by atoms with E-state index < -0.39 is 5.69 Å². The van der Waals surface area contributed by atoms with Gasteiger partial charge in [-0.1, -0.05) is 30.3 Å². The van der Waals surface area contributed by atoms with Crippen molar-refractivity contribution in [2.75, 3.05) is 7.05 Å². The zero-order valence-electron chi connectivity index (χ0n) is 16.3. The highest BCUT2D eigenvalue weighted by Gasteiger charge is 2.13. The molecule has 0 spiro atoms. The van der Waals surface area contributed by atoms with E-state index in [4.69, 9.17) is 4.74 Å². The highest BCUT2D eigenvalue weighted by molar-refractivity contribution is 5.75. The summed E-state index contributed by atoms with van der Waals surface area (Å²) in [6.07, 6.45) is 0. The lowest BCUT2D eigenvalue weighted by Gasteiger charge is -2.19. The molecule has 0 radical (unpaired) electrons. The molecule has 1 aromatic heterocycles. The smallest absolute Gasteiger partial charge is 0.348 e. The van der Waals surface area contributed by atoms with Crippen molar-refractivity contribution in [1.29, 1.82) is 0 Å². The quantitative estimate of drug-likeness (QED) is 0.661. The van der Waals surface area contributed by atoms with Crippen LogP contribution in [0.3, 0.4) is 0 Å². The summed E-state index contributed by atoms with van der Waals surface area (Å²) in [5.41, 5.74) is 1.95. The summed E-state index contributed by atoms with van der Waals surface area (Å²) in [4.78, 5) is 30.1. The standard InChI is InChI=1S/C22H23N3O3/c1-16-13-17(2)25(22(27)23-16)15-21(26)24(3)14-18-9-11-20(12-10-18)28-19-7-5-4-6-8-19/h4-13H,14-15H2,1-3H3. The van der Waals surface area contributed by atoms with Crippen molar-refractivity contribution in [3.8, 4) is 11.5 Å². The van der Waals surface area contributed by atoms with Crippen LogP contribution in [-0.4, -0.2) is 27.4 Å². The van der Waals surface area contributed by atoms with Crippen molar-refractivity contribution in [3.05, 3.63) is 88.1 Å². The average molecular weight is 377 g/mol. The second-order valence-corrected chi connectivity index (χ2v) is 6.72. The van der Waals surface area contributed by atoms with Crippen LogP contribution in [0.5, 0.6) is 11.5 Å². The molecule has 0 N–H and O–H groups in total. The fourth-order valence-electron chi connectivity index (χ4n) is 2.87. The van der Waals surface area contributed by atoms with E-state index in [0.29, 0.717) is 12.2 Å². The molecule has 2 aromatic carbocycles. The summed E-state index contributed by atoms with van der Waals surface area (Å²) in [6.45, 7) is 3.98. The van der Waals surface area contributed by atoms with E-state index in [9.17, 15) is 9.59 Å². The number of aromatic nitrogens is 2. The number of carbonyl (C=O) groups excluding carboxylic acids is 1. The average Bonchev–Trinajstić information content (AvgIpc) is 2.67. The SMILES string of the molecule is Cc1cc(C)n(CC(=O)N(C)Cc2ccc(Oc3ccccc3)cc2)c(=O)n1. The van der Waals surface area contributed by atoms with Crippen molar-refractivity contribution in [2.45, 2.75) is 26.9 Å². The lowest BCUT2D eigenvalue weighted by atomic mass is 10.2. The van der Waals surface area contributed by atoms with Gasteiger partial charge in [-0.05, 0) is 49.7 Å². The van der Waals surface area contributed by atoms with E-state index in [0.717, 1.165) is 22.8 Å². The number of benzene rings is 2. The summed E-state index contributed by atoms with van der Waals surface area (Å²) in [5.74, 6) is 1.35. The number of nitrogens with zero attached hydrogens (tertiary/aromatic N) is 3. The molecule has 3 aromatic rings. The summed E-state index contributed by atoms with van der Waals surface area (Å²) in [7, 11) is 1.72. The number of aryl methyl sites for hydroxylation is 2. The number of carbonyl (C=O) groups is 1. The summed E-state index contributed by atoms with van der Waals surface area (Å²) >= 11 is 0. The molecule has 6 heteroatoms. The Balaban J connectivity index is 1.62. The van der Waals surface area contributed by atoms with Crippen molar-refractivity contribution < 1.29 is 9.53 Å². The van der Waals surface area contributed by atoms with Gasteiger partial charge in [0.05, 0.1) is 0 Å². The van der Waals surface area contributed by atoms with Crippen LogP contribution in [0.25, 0.3) is 0 Å². The highest BCUT2D eigenvalue weighted by Crippen LogP contribution is 2.21. The Bertz CT molecular complexity index is 1010. The third-order valence-electron chi connectivity index (χ3n) is 4.39. The van der Waals surface area contributed by atoms with Gasteiger partial charge in [0.25, 0.3) is 0 Å². The first-order valence-electron chi connectivity index (χ1n) is 9.03. The van der Waals surface area contributed by atoms with Gasteiger partial charge < -0.3 is 9.64 Å². The van der Waals surface area contributed by atoms with Crippen molar-refractivity contribution in [1.82, 2.24) is 14.5 Å². The van der Waals surface area contributed by atoms with Crippen molar-refractivity contribution in [2.24, 2.45) is 0 Å². The van der Waals surface area contributed by atoms with Gasteiger partial charge in [-0.15, -0.1) is 0 Å². The fourth-order valence-corrected chi connectivity index (χ4v) is 2.87. The maximum Gasteiger partial charge on any atom is 0.348 e. The second-order valence-electron chi connectivity index (χ2n) is 6.72. The third-order valence-corrected chi connectivity index (χ3v) is 4.39. The summed E-state index contributed by atoms with van der Waals surface area (Å²) < 4.78 is 7.17. The molecular formula is C22H23N3O3. The first-order chi connectivity index (χ1) is 13.4. The topological polar surface area (TPSA) is 64.4 Å². The molecule has 0 unspecified atom stereocenters. The van der Waals surface area contributed by atoms with Gasteiger partial charge in [-0.3, -0.25) is 9.36 Å². The first-order valence-corrected chi connectivity index (χ1v) is 9.03. The predicted molar refractivity (Wildman–Crippen MR) is 107 cm³/mol. The molecule has 3 rings (SSSR count). The van der Waals surface area contributed by atoms with E-state index in [1.54, 1.807) is 31.9 Å². The van der Waals surface area contributed by atoms with Gasteiger partial charge >= 0.3 is 5.69 Å². The maximum atomic E-state index is 12.5. The normalized spacial score (nSPS) is 10.5. The van der Waals surface area contributed by atoms with Crippen molar-refractivity contribution >= 4 is 5.91 Å². The number of hydrogen-bond donors (Lipinski definition) is 0. The van der Waals surface area contributed by atoms with E-state index in [1.807, 2.05) is 54.6 Å². The Labute approximate surface area is 164 Å². The Hall–Kier alpha value is -3.41. The minimum atomic E-state index is -0.401. The lowest BCUT2D eigenvalue weighted by molar-refractivity contribution is -0.131. The Morgan fingerprint density at radius 2 is 1.68 bits per heavy atom. The lowest BCUT2D eigenvalue weighted by Crippen LogP contribution is -2.35. The largest absolute Gasteiger partial charge is 0.457 e. The number of rotatable bonds is 6. The van der Waals surface area contributed by atoms with Crippen LogP contribution in [0.15, 0.2) is 65.5 Å². The van der Waals surface area contributed by atoms with Crippen LogP contribution in [0.1, 0.15) is 17.0 Å². The Kier molecular flexibility index (Phi) is 5.89. The van der Waals surface area contributed by atoms with Crippen LogP contribution < -0.4 is 10.4 Å². The zero-order valence-corrected chi connectivity index (χ0v) is 16.3. The number of ether oxygens (including phenoxy) is 1. The van der Waals surface area contributed by atoms with Gasteiger partial charge in [-0.25, -0.2) is 4.79 Å². The number of hydrogen-bond acceptors (Lipinski definition) is 4. The minimum absolute atomic E-state index is 0.0242. The summed E-state index contributed by atoms with van der Waals surface area (Å²) in [6, 6.07) is 18.9. The molecule has 6 nitrogen and oxygen atoms in total. The van der Waals surface area contributed by atoms with Crippen LogP contribution in [0.4, 0.5) is 0 Å². The molecule has 0 aliphatic carbocycles. The molecule has 1 heterocycles. The molecule has 28 heavy (non-hydrogen) atoms. The zero-order chi connectivity index (χ0) is 20.1. The second kappa shape index (κ2) is 8.52. The van der Waals surface area contributed by atoms with E-state index in [2.05, 4.69) is 4.98 Å². The molecule has 0 aliphatic heterocycles. The van der Waals surface area contributed by atoms with Crippen molar-refractivity contribution in [3.63, 3.8) is 0 Å². The van der Waals surface area contributed by atoms with Gasteiger partial charge in [0.15, 0.2) is 0 Å². The van der Waals surface area contributed by atoms with Gasteiger partial charge in [0, 0.05) is 25.0 Å². The van der Waals surface area contributed by atoms with Crippen LogP contribution >= 0.6 is 0 Å². The van der Waals surface area contributed by atoms with Gasteiger partial charge in [0.2, 0.25) is 5.91 Å². The van der Waals surface area contributed by atoms with E-state index in [1.165, 1.54) is 4.57 Å². The third kappa shape index (κ3) is 4.85. The highest BCUT2D eigenvalue weighted by atomic mass is 16.5. The van der Waals surface area contributed by atoms with E-state index in [-0.39, 0.29) is 12.5 Å². The molecule has 0 bridgehead atoms. The van der Waals surface area contributed by atoms with Crippen LogP contribution in [-0.2, 0) is 17.9 Å². The predicted octanol–water partition coefficient (Wildman–Crippen LogP) is 3.31. The molecule has 1 amide bonds. The minimum Gasteiger partial charge on any atom is -0.457 e. The first kappa shape index (κ1) is 19.4. The fraction of sp³-hybridized carbons (Fsp3) is 0.227. The number of para-hydroxylation sites is 1. The van der Waals surface area contributed by atoms with E-state index >= 15 is 0 Å². The Morgan fingerprint density at radius 3 is 2.32 bits per heavy atom.